The molecule has 8 heteroatoms. The van der Waals surface area contributed by atoms with Crippen LogP contribution in [0.4, 0.5) is 5.82 Å². The smallest absolute Gasteiger partial charge is 0.347 e. The molecule has 2 heterocycles. The van der Waals surface area contributed by atoms with Crippen molar-refractivity contribution < 1.29 is 18.3 Å². The molecule has 2 N–H and O–H groups in total. The molecule has 0 bridgehead atoms. The zero-order valence-electron chi connectivity index (χ0n) is 9.82. The van der Waals surface area contributed by atoms with E-state index in [2.05, 4.69) is 9.71 Å². The van der Waals surface area contributed by atoms with E-state index in [0.717, 1.165) is 11.3 Å². The number of carbonyl (C=O) groups is 1. The van der Waals surface area contributed by atoms with Crippen LogP contribution in [0.2, 0.25) is 0 Å². The molecular weight excluding hydrogens is 288 g/mol. The van der Waals surface area contributed by atoms with Crippen molar-refractivity contribution >= 4 is 33.1 Å². The summed E-state index contributed by atoms with van der Waals surface area (Å²) in [7, 11) is -3.95. The van der Waals surface area contributed by atoms with Gasteiger partial charge in [0.25, 0.3) is 10.0 Å². The van der Waals surface area contributed by atoms with E-state index in [1.54, 1.807) is 19.1 Å². The van der Waals surface area contributed by atoms with Crippen LogP contribution in [0, 0.1) is 6.92 Å². The van der Waals surface area contributed by atoms with Crippen LogP contribution >= 0.6 is 11.3 Å². The second kappa shape index (κ2) is 4.98. The van der Waals surface area contributed by atoms with Gasteiger partial charge in [-0.3, -0.25) is 4.72 Å². The third-order valence-electron chi connectivity index (χ3n) is 2.35. The van der Waals surface area contributed by atoms with Gasteiger partial charge in [0, 0.05) is 6.20 Å². The Kier molecular flexibility index (Phi) is 3.54. The number of pyridine rings is 1. The summed E-state index contributed by atoms with van der Waals surface area (Å²) in [5, 5.41) is 10.4. The first-order valence-electron chi connectivity index (χ1n) is 5.17. The maximum atomic E-state index is 12.1. The average Bonchev–Trinajstić information content (AvgIpc) is 2.82. The molecule has 0 radical (unpaired) electrons. The van der Waals surface area contributed by atoms with Crippen LogP contribution in [-0.2, 0) is 10.0 Å². The highest BCUT2D eigenvalue weighted by Crippen LogP contribution is 2.24. The Bertz CT molecular complexity index is 722. The summed E-state index contributed by atoms with van der Waals surface area (Å²) in [5.41, 5.74) is 0.651. The zero-order valence-corrected chi connectivity index (χ0v) is 11.5. The minimum Gasteiger partial charge on any atom is -0.477 e. The number of hydrogen-bond donors (Lipinski definition) is 2. The highest BCUT2D eigenvalue weighted by molar-refractivity contribution is 7.93. The Balaban J connectivity index is 2.41. The summed E-state index contributed by atoms with van der Waals surface area (Å²) in [4.78, 5) is 14.4. The Morgan fingerprint density at radius 1 is 1.42 bits per heavy atom. The number of thiophene rings is 1. The average molecular weight is 298 g/mol. The normalized spacial score (nSPS) is 11.2. The Morgan fingerprint density at radius 2 is 2.16 bits per heavy atom. The van der Waals surface area contributed by atoms with Crippen molar-refractivity contribution in [1.82, 2.24) is 4.98 Å². The molecule has 0 aliphatic rings. The van der Waals surface area contributed by atoms with Crippen molar-refractivity contribution in [2.45, 2.75) is 11.8 Å². The lowest BCUT2D eigenvalue weighted by atomic mass is 10.3. The van der Waals surface area contributed by atoms with E-state index in [4.69, 9.17) is 5.11 Å². The standard InChI is InChI=1S/C11H10N2O4S2/c1-7-3-2-5-12-10(7)13-19(16,17)8-4-6-18-9(8)11(14)15/h2-6H,1H3,(H,12,13)(H,14,15). The Hall–Kier alpha value is -1.93. The van der Waals surface area contributed by atoms with E-state index in [1.165, 1.54) is 17.6 Å². The second-order valence-corrected chi connectivity index (χ2v) is 6.26. The topological polar surface area (TPSA) is 96.4 Å². The predicted molar refractivity (Wildman–Crippen MR) is 71.1 cm³/mol. The minimum absolute atomic E-state index is 0.185. The van der Waals surface area contributed by atoms with Crippen molar-refractivity contribution in [3.63, 3.8) is 0 Å². The number of sulfonamides is 1. The summed E-state index contributed by atoms with van der Waals surface area (Å²) in [6.45, 7) is 1.70. The van der Waals surface area contributed by atoms with E-state index < -0.39 is 16.0 Å². The fourth-order valence-corrected chi connectivity index (χ4v) is 3.78. The maximum absolute atomic E-state index is 12.1. The maximum Gasteiger partial charge on any atom is 0.347 e. The van der Waals surface area contributed by atoms with E-state index in [0.29, 0.717) is 5.56 Å². The van der Waals surface area contributed by atoms with Gasteiger partial charge in [-0.05, 0) is 30.0 Å². The van der Waals surface area contributed by atoms with Gasteiger partial charge in [-0.15, -0.1) is 11.3 Å². The molecule has 0 saturated heterocycles. The largest absolute Gasteiger partial charge is 0.477 e. The molecule has 19 heavy (non-hydrogen) atoms. The highest BCUT2D eigenvalue weighted by atomic mass is 32.2. The Morgan fingerprint density at radius 3 is 2.79 bits per heavy atom. The van der Waals surface area contributed by atoms with Gasteiger partial charge >= 0.3 is 5.97 Å². The summed E-state index contributed by atoms with van der Waals surface area (Å²) >= 11 is 0.860. The van der Waals surface area contributed by atoms with Gasteiger partial charge in [0.15, 0.2) is 0 Å². The first-order valence-corrected chi connectivity index (χ1v) is 7.53. The number of nitrogens with one attached hydrogen (secondary N) is 1. The van der Waals surface area contributed by atoms with Crippen molar-refractivity contribution in [1.29, 1.82) is 0 Å². The van der Waals surface area contributed by atoms with Gasteiger partial charge in [-0.25, -0.2) is 18.2 Å². The quantitative estimate of drug-likeness (QED) is 0.899. The van der Waals surface area contributed by atoms with Gasteiger partial charge in [0.1, 0.15) is 15.6 Å². The highest BCUT2D eigenvalue weighted by Gasteiger charge is 2.24. The van der Waals surface area contributed by atoms with Crippen molar-refractivity contribution in [2.24, 2.45) is 0 Å². The van der Waals surface area contributed by atoms with E-state index in [9.17, 15) is 13.2 Å². The third-order valence-corrected chi connectivity index (χ3v) is 4.77. The third kappa shape index (κ3) is 2.74. The molecule has 0 atom stereocenters. The molecule has 6 nitrogen and oxygen atoms in total. The molecule has 0 aliphatic heterocycles. The van der Waals surface area contributed by atoms with Crippen LogP contribution in [0.15, 0.2) is 34.7 Å². The molecule has 0 aliphatic carbocycles. The molecule has 2 aromatic rings. The number of nitrogens with zero attached hydrogens (tertiary/aromatic N) is 1. The van der Waals surface area contributed by atoms with Crippen LogP contribution in [0.5, 0.6) is 0 Å². The molecule has 0 spiro atoms. The molecule has 0 amide bonds. The zero-order chi connectivity index (χ0) is 14.0. The molecule has 2 aromatic heterocycles. The lowest BCUT2D eigenvalue weighted by molar-refractivity contribution is 0.0698. The molecule has 100 valence electrons. The first-order chi connectivity index (χ1) is 8.92. The van der Waals surface area contributed by atoms with Crippen LogP contribution in [0.25, 0.3) is 0 Å². The van der Waals surface area contributed by atoms with Crippen molar-refractivity contribution in [2.75, 3.05) is 4.72 Å². The first kappa shape index (κ1) is 13.5. The molecule has 0 unspecified atom stereocenters. The van der Waals surface area contributed by atoms with Gasteiger partial charge < -0.3 is 5.11 Å². The number of aromatic carboxylic acids is 1. The summed E-state index contributed by atoms with van der Waals surface area (Å²) < 4.78 is 26.6. The van der Waals surface area contributed by atoms with Gasteiger partial charge in [-0.2, -0.15) is 0 Å². The number of rotatable bonds is 4. The molecular formula is C11H10N2O4S2. The lowest BCUT2D eigenvalue weighted by Gasteiger charge is -2.08. The van der Waals surface area contributed by atoms with Crippen molar-refractivity contribution in [3.8, 4) is 0 Å². The van der Waals surface area contributed by atoms with Gasteiger partial charge in [0.05, 0.1) is 0 Å². The van der Waals surface area contributed by atoms with E-state index >= 15 is 0 Å². The molecule has 0 saturated carbocycles. The minimum atomic E-state index is -3.95. The molecule has 2 rings (SSSR count). The summed E-state index contributed by atoms with van der Waals surface area (Å²) in [6.07, 6.45) is 1.45. The number of aryl methyl sites for hydroxylation is 1. The van der Waals surface area contributed by atoms with E-state index in [-0.39, 0.29) is 15.6 Å². The SMILES string of the molecule is Cc1cccnc1NS(=O)(=O)c1ccsc1C(=O)O. The summed E-state index contributed by atoms with van der Waals surface area (Å²) in [5.74, 6) is -1.09. The predicted octanol–water partition coefficient (Wildman–Crippen LogP) is 1.95. The van der Waals surface area contributed by atoms with Crippen LogP contribution in [-0.4, -0.2) is 24.5 Å². The van der Waals surface area contributed by atoms with Crippen LogP contribution < -0.4 is 4.72 Å². The van der Waals surface area contributed by atoms with Crippen LogP contribution in [0.1, 0.15) is 15.2 Å². The number of aromatic nitrogens is 1. The number of carboxylic acid groups (broad SMARTS) is 1. The summed E-state index contributed by atoms with van der Waals surface area (Å²) in [6, 6.07) is 4.64. The second-order valence-electron chi connectivity index (χ2n) is 3.69. The van der Waals surface area contributed by atoms with E-state index in [1.807, 2.05) is 0 Å². The monoisotopic (exact) mass is 298 g/mol. The fourth-order valence-electron chi connectivity index (χ4n) is 1.44. The van der Waals surface area contributed by atoms with Crippen LogP contribution in [0.3, 0.4) is 0 Å². The number of hydrogen-bond acceptors (Lipinski definition) is 5. The van der Waals surface area contributed by atoms with Gasteiger partial charge in [0.2, 0.25) is 0 Å². The lowest BCUT2D eigenvalue weighted by Crippen LogP contribution is -2.16. The van der Waals surface area contributed by atoms with Crippen molar-refractivity contribution in [3.05, 3.63) is 40.2 Å². The molecule has 0 aromatic carbocycles. The fraction of sp³-hybridized carbons (Fsp3) is 0.0909. The van der Waals surface area contributed by atoms with Gasteiger partial charge in [-0.1, -0.05) is 6.07 Å². The molecule has 0 fully saturated rings. The Labute approximate surface area is 113 Å². The number of carboxylic acids is 1. The number of anilines is 1.